The highest BCUT2D eigenvalue weighted by Crippen LogP contribution is 2.23. The Bertz CT molecular complexity index is 613. The van der Waals surface area contributed by atoms with E-state index in [2.05, 4.69) is 10.6 Å². The zero-order valence-corrected chi connectivity index (χ0v) is 11.0. The van der Waals surface area contributed by atoms with Gasteiger partial charge in [-0.2, -0.15) is 0 Å². The molecule has 2 rings (SSSR count). The molecule has 0 aliphatic heterocycles. The molecule has 6 heteroatoms. The Balaban J connectivity index is 2.30. The summed E-state index contributed by atoms with van der Waals surface area (Å²) >= 11 is 0. The fourth-order valence-corrected chi connectivity index (χ4v) is 2.03. The molecule has 0 heterocycles. The molecule has 0 aromatic heterocycles. The van der Waals surface area contributed by atoms with Crippen LogP contribution in [0.5, 0.6) is 0 Å². The molecule has 0 unspecified atom stereocenters. The van der Waals surface area contributed by atoms with E-state index in [0.29, 0.717) is 17.8 Å². The fraction of sp³-hybridized carbons (Fsp3) is 0.0667. The topological polar surface area (TPSA) is 98.7 Å². The monoisotopic (exact) mass is 286 g/mol. The van der Waals surface area contributed by atoms with Crippen LogP contribution in [0.4, 0.5) is 21.0 Å². The van der Waals surface area contributed by atoms with E-state index in [1.807, 2.05) is 0 Å². The lowest BCUT2D eigenvalue weighted by atomic mass is 10.0. The molecule has 2 aromatic rings. The zero-order chi connectivity index (χ0) is 15.2. The van der Waals surface area contributed by atoms with Gasteiger partial charge in [-0.3, -0.25) is 10.6 Å². The highest BCUT2D eigenvalue weighted by molar-refractivity contribution is 5.85. The lowest BCUT2D eigenvalue weighted by Gasteiger charge is -2.12. The van der Waals surface area contributed by atoms with Gasteiger partial charge in [0.2, 0.25) is 0 Å². The van der Waals surface area contributed by atoms with Gasteiger partial charge in [0.1, 0.15) is 0 Å². The van der Waals surface area contributed by atoms with Crippen LogP contribution < -0.4 is 10.6 Å². The molecule has 0 saturated heterocycles. The first-order chi connectivity index (χ1) is 10.1. The summed E-state index contributed by atoms with van der Waals surface area (Å²) in [5, 5.41) is 22.3. The van der Waals surface area contributed by atoms with Crippen LogP contribution in [0.25, 0.3) is 0 Å². The SMILES string of the molecule is O=C(O)Nc1ccccc1Cc1ccccc1NC(=O)O. The number of carboxylic acid groups (broad SMARTS) is 2. The zero-order valence-electron chi connectivity index (χ0n) is 11.0. The van der Waals surface area contributed by atoms with E-state index < -0.39 is 12.2 Å². The molecule has 0 saturated carbocycles. The molecule has 0 bridgehead atoms. The summed E-state index contributed by atoms with van der Waals surface area (Å²) in [4.78, 5) is 21.6. The largest absolute Gasteiger partial charge is 0.465 e. The molecule has 4 N–H and O–H groups in total. The number of para-hydroxylation sites is 2. The van der Waals surface area contributed by atoms with Gasteiger partial charge in [-0.05, 0) is 23.3 Å². The lowest BCUT2D eigenvalue weighted by molar-refractivity contribution is 0.208. The van der Waals surface area contributed by atoms with Crippen molar-refractivity contribution in [1.29, 1.82) is 0 Å². The Morgan fingerprint density at radius 2 is 1.14 bits per heavy atom. The Kier molecular flexibility index (Phi) is 4.40. The van der Waals surface area contributed by atoms with E-state index in [9.17, 15) is 9.59 Å². The Morgan fingerprint density at radius 3 is 1.52 bits per heavy atom. The van der Waals surface area contributed by atoms with E-state index in [-0.39, 0.29) is 0 Å². The normalized spacial score (nSPS) is 9.90. The van der Waals surface area contributed by atoms with E-state index in [1.165, 1.54) is 0 Å². The number of amides is 2. The van der Waals surface area contributed by atoms with Crippen LogP contribution in [-0.4, -0.2) is 22.4 Å². The summed E-state index contributed by atoms with van der Waals surface area (Å²) in [7, 11) is 0. The Hall–Kier alpha value is -3.02. The van der Waals surface area contributed by atoms with Crippen LogP contribution in [0.15, 0.2) is 48.5 Å². The minimum absolute atomic E-state index is 0.410. The Morgan fingerprint density at radius 1 is 0.762 bits per heavy atom. The smallest absolute Gasteiger partial charge is 0.409 e. The van der Waals surface area contributed by atoms with Gasteiger partial charge >= 0.3 is 12.2 Å². The van der Waals surface area contributed by atoms with Gasteiger partial charge in [0.05, 0.1) is 0 Å². The Labute approximate surface area is 121 Å². The minimum Gasteiger partial charge on any atom is -0.465 e. The number of hydrogen-bond donors (Lipinski definition) is 4. The molecule has 21 heavy (non-hydrogen) atoms. The molecule has 0 radical (unpaired) electrons. The third-order valence-electron chi connectivity index (χ3n) is 2.90. The molecule has 0 spiro atoms. The minimum atomic E-state index is -1.14. The average Bonchev–Trinajstić information content (AvgIpc) is 2.42. The predicted molar refractivity (Wildman–Crippen MR) is 79.0 cm³/mol. The molecule has 2 aromatic carbocycles. The highest BCUT2D eigenvalue weighted by Gasteiger charge is 2.09. The van der Waals surface area contributed by atoms with Crippen molar-refractivity contribution >= 4 is 23.6 Å². The second-order valence-corrected chi connectivity index (χ2v) is 4.35. The lowest BCUT2D eigenvalue weighted by Crippen LogP contribution is -2.11. The third-order valence-corrected chi connectivity index (χ3v) is 2.90. The van der Waals surface area contributed by atoms with E-state index in [0.717, 1.165) is 11.1 Å². The van der Waals surface area contributed by atoms with Gasteiger partial charge in [0, 0.05) is 17.8 Å². The van der Waals surface area contributed by atoms with Gasteiger partial charge in [0.25, 0.3) is 0 Å². The van der Waals surface area contributed by atoms with Crippen molar-refractivity contribution in [3.63, 3.8) is 0 Å². The first kappa shape index (κ1) is 14.4. The summed E-state index contributed by atoms with van der Waals surface area (Å²) in [6, 6.07) is 14.0. The average molecular weight is 286 g/mol. The molecule has 108 valence electrons. The van der Waals surface area contributed by atoms with E-state index in [1.54, 1.807) is 48.5 Å². The van der Waals surface area contributed by atoms with Gasteiger partial charge in [-0.25, -0.2) is 9.59 Å². The number of hydrogen-bond acceptors (Lipinski definition) is 2. The summed E-state index contributed by atoms with van der Waals surface area (Å²) in [6.45, 7) is 0. The molecule has 2 amide bonds. The van der Waals surface area contributed by atoms with Crippen molar-refractivity contribution in [2.45, 2.75) is 6.42 Å². The number of nitrogens with one attached hydrogen (secondary N) is 2. The maximum Gasteiger partial charge on any atom is 0.409 e. The standard InChI is InChI=1S/C15H14N2O4/c18-14(19)16-12-7-3-1-5-10(12)9-11-6-2-4-8-13(11)17-15(20)21/h1-8,16-17H,9H2,(H,18,19)(H,20,21). The van der Waals surface area contributed by atoms with Crippen LogP contribution >= 0.6 is 0 Å². The van der Waals surface area contributed by atoms with Crippen molar-refractivity contribution in [1.82, 2.24) is 0 Å². The van der Waals surface area contributed by atoms with Gasteiger partial charge in [-0.1, -0.05) is 36.4 Å². The molecular weight excluding hydrogens is 272 g/mol. The first-order valence-electron chi connectivity index (χ1n) is 6.22. The molecular formula is C15H14N2O4. The van der Waals surface area contributed by atoms with Crippen LogP contribution in [0, 0.1) is 0 Å². The maximum absolute atomic E-state index is 10.8. The first-order valence-corrected chi connectivity index (χ1v) is 6.22. The van der Waals surface area contributed by atoms with E-state index >= 15 is 0 Å². The summed E-state index contributed by atoms with van der Waals surface area (Å²) < 4.78 is 0. The molecule has 0 aliphatic carbocycles. The maximum atomic E-state index is 10.8. The van der Waals surface area contributed by atoms with Crippen LogP contribution in [0.1, 0.15) is 11.1 Å². The number of carbonyl (C=O) groups is 2. The molecule has 6 nitrogen and oxygen atoms in total. The van der Waals surface area contributed by atoms with Crippen molar-refractivity contribution in [3.8, 4) is 0 Å². The third kappa shape index (κ3) is 3.97. The molecule has 0 atom stereocenters. The van der Waals surface area contributed by atoms with Crippen molar-refractivity contribution in [2.75, 3.05) is 10.6 Å². The van der Waals surface area contributed by atoms with Gasteiger partial charge in [0.15, 0.2) is 0 Å². The van der Waals surface area contributed by atoms with E-state index in [4.69, 9.17) is 10.2 Å². The number of benzene rings is 2. The van der Waals surface area contributed by atoms with Crippen LogP contribution in [0.2, 0.25) is 0 Å². The van der Waals surface area contributed by atoms with Gasteiger partial charge < -0.3 is 10.2 Å². The molecule has 0 aliphatic rings. The van der Waals surface area contributed by atoms with Crippen LogP contribution in [0.3, 0.4) is 0 Å². The van der Waals surface area contributed by atoms with Crippen molar-refractivity contribution in [3.05, 3.63) is 59.7 Å². The number of rotatable bonds is 4. The molecule has 0 fully saturated rings. The fourth-order valence-electron chi connectivity index (χ4n) is 2.03. The highest BCUT2D eigenvalue weighted by atomic mass is 16.4. The van der Waals surface area contributed by atoms with Crippen LogP contribution in [-0.2, 0) is 6.42 Å². The van der Waals surface area contributed by atoms with Crippen molar-refractivity contribution < 1.29 is 19.8 Å². The summed E-state index contributed by atoms with van der Waals surface area (Å²) in [5.41, 5.74) is 2.49. The quantitative estimate of drug-likeness (QED) is 0.691. The van der Waals surface area contributed by atoms with Crippen molar-refractivity contribution in [2.24, 2.45) is 0 Å². The second kappa shape index (κ2) is 6.42. The van der Waals surface area contributed by atoms with Gasteiger partial charge in [-0.15, -0.1) is 0 Å². The predicted octanol–water partition coefficient (Wildman–Crippen LogP) is 3.46. The summed E-state index contributed by atoms with van der Waals surface area (Å²) in [6.07, 6.45) is -1.87. The number of anilines is 2. The summed E-state index contributed by atoms with van der Waals surface area (Å²) in [5.74, 6) is 0. The second-order valence-electron chi connectivity index (χ2n) is 4.35.